The molecule has 0 saturated heterocycles. The van der Waals surface area contributed by atoms with Crippen LogP contribution in [0.3, 0.4) is 0 Å². The number of ketones is 1. The normalized spacial score (nSPS) is 11.2. The average molecular weight is 202 g/mol. The predicted octanol–water partition coefficient (Wildman–Crippen LogP) is 2.48. The number of nitrogens with zero attached hydrogens (tertiary/aromatic N) is 2. The van der Waals surface area contributed by atoms with Crippen molar-refractivity contribution in [2.24, 2.45) is 5.92 Å². The van der Waals surface area contributed by atoms with Gasteiger partial charge in [-0.15, -0.1) is 0 Å². The Morgan fingerprint density at radius 3 is 2.87 bits per heavy atom. The van der Waals surface area contributed by atoms with Crippen LogP contribution in [-0.2, 0) is 0 Å². The zero-order valence-corrected chi connectivity index (χ0v) is 9.19. The van der Waals surface area contributed by atoms with Gasteiger partial charge in [0.1, 0.15) is 0 Å². The van der Waals surface area contributed by atoms with Crippen molar-refractivity contribution in [3.63, 3.8) is 0 Å². The van der Waals surface area contributed by atoms with Crippen molar-refractivity contribution in [1.82, 2.24) is 9.38 Å². The Balaban J connectivity index is 2.55. The van der Waals surface area contributed by atoms with Crippen molar-refractivity contribution in [3.05, 3.63) is 35.9 Å². The van der Waals surface area contributed by atoms with Crippen LogP contribution in [0.5, 0.6) is 0 Å². The predicted molar refractivity (Wildman–Crippen MR) is 59.1 cm³/mol. The van der Waals surface area contributed by atoms with Gasteiger partial charge in [-0.05, 0) is 19.1 Å². The molecule has 0 atom stereocenters. The van der Waals surface area contributed by atoms with Crippen LogP contribution in [0.15, 0.2) is 24.7 Å². The van der Waals surface area contributed by atoms with E-state index >= 15 is 0 Å². The molecule has 2 aromatic heterocycles. The van der Waals surface area contributed by atoms with E-state index in [0.29, 0.717) is 0 Å². The monoisotopic (exact) mass is 202 g/mol. The first-order valence-electron chi connectivity index (χ1n) is 5.07. The van der Waals surface area contributed by atoms with Gasteiger partial charge in [-0.1, -0.05) is 13.8 Å². The smallest absolute Gasteiger partial charge is 0.165 e. The molecule has 0 N–H and O–H groups in total. The first-order valence-corrected chi connectivity index (χ1v) is 5.07. The summed E-state index contributed by atoms with van der Waals surface area (Å²) in [6.45, 7) is 5.77. The molecule has 0 radical (unpaired) electrons. The summed E-state index contributed by atoms with van der Waals surface area (Å²) < 4.78 is 1.92. The lowest BCUT2D eigenvalue weighted by molar-refractivity contribution is 0.0939. The lowest BCUT2D eigenvalue weighted by Gasteiger charge is -2.04. The molecule has 0 bridgehead atoms. The van der Waals surface area contributed by atoms with Gasteiger partial charge in [0.2, 0.25) is 0 Å². The number of fused-ring (bicyclic) bond motifs is 1. The molecule has 15 heavy (non-hydrogen) atoms. The van der Waals surface area contributed by atoms with E-state index in [0.717, 1.165) is 16.8 Å². The SMILES string of the molecule is Cc1ncn2ccc(C(=O)C(C)C)cc12. The van der Waals surface area contributed by atoms with Crippen molar-refractivity contribution < 1.29 is 4.79 Å². The fraction of sp³-hybridized carbons (Fsp3) is 0.333. The Hall–Kier alpha value is -1.64. The highest BCUT2D eigenvalue weighted by molar-refractivity contribution is 5.98. The van der Waals surface area contributed by atoms with Gasteiger partial charge >= 0.3 is 0 Å². The maximum atomic E-state index is 11.8. The minimum absolute atomic E-state index is 0.0377. The molecule has 2 rings (SSSR count). The Kier molecular flexibility index (Phi) is 2.31. The summed E-state index contributed by atoms with van der Waals surface area (Å²) in [4.78, 5) is 16.0. The minimum Gasteiger partial charge on any atom is -0.306 e. The average Bonchev–Trinajstić information content (AvgIpc) is 2.59. The number of carbonyl (C=O) groups excluding carboxylic acids is 1. The molecule has 0 aliphatic carbocycles. The van der Waals surface area contributed by atoms with Crippen molar-refractivity contribution in [2.75, 3.05) is 0 Å². The van der Waals surface area contributed by atoms with Crippen molar-refractivity contribution in [3.8, 4) is 0 Å². The lowest BCUT2D eigenvalue weighted by atomic mass is 10.0. The van der Waals surface area contributed by atoms with E-state index in [9.17, 15) is 4.79 Å². The summed E-state index contributed by atoms with van der Waals surface area (Å²) in [6, 6.07) is 3.75. The molecule has 0 spiro atoms. The van der Waals surface area contributed by atoms with Gasteiger partial charge in [-0.25, -0.2) is 4.98 Å². The fourth-order valence-electron chi connectivity index (χ4n) is 1.60. The number of hydrogen-bond donors (Lipinski definition) is 0. The van der Waals surface area contributed by atoms with Crippen LogP contribution < -0.4 is 0 Å². The molecule has 0 aliphatic rings. The summed E-state index contributed by atoms with van der Waals surface area (Å²) in [5.74, 6) is 0.216. The molecular formula is C12H14N2O. The molecule has 0 aliphatic heterocycles. The maximum absolute atomic E-state index is 11.8. The third-order valence-corrected chi connectivity index (χ3v) is 2.54. The van der Waals surface area contributed by atoms with Crippen molar-refractivity contribution in [2.45, 2.75) is 20.8 Å². The fourth-order valence-corrected chi connectivity index (χ4v) is 1.60. The first kappa shape index (κ1) is 9.90. The number of aryl methyl sites for hydroxylation is 1. The molecule has 78 valence electrons. The summed E-state index contributed by atoms with van der Waals surface area (Å²) in [5.41, 5.74) is 2.72. The standard InChI is InChI=1S/C12H14N2O/c1-8(2)12(15)10-4-5-14-7-13-9(3)11(14)6-10/h4-8H,1-3H3. The number of Topliss-reactive ketones (excluding diaryl/α,β-unsaturated/α-hetero) is 1. The number of rotatable bonds is 2. The van der Waals surface area contributed by atoms with Crippen molar-refractivity contribution in [1.29, 1.82) is 0 Å². The van der Waals surface area contributed by atoms with Gasteiger partial charge < -0.3 is 4.40 Å². The van der Waals surface area contributed by atoms with E-state index in [1.165, 1.54) is 0 Å². The summed E-state index contributed by atoms with van der Waals surface area (Å²) in [6.07, 6.45) is 3.64. The molecule has 2 heterocycles. The highest BCUT2D eigenvalue weighted by Gasteiger charge is 2.11. The second-order valence-electron chi connectivity index (χ2n) is 4.06. The quantitative estimate of drug-likeness (QED) is 0.701. The van der Waals surface area contributed by atoms with Crippen LogP contribution >= 0.6 is 0 Å². The molecule has 0 unspecified atom stereocenters. The maximum Gasteiger partial charge on any atom is 0.165 e. The highest BCUT2D eigenvalue weighted by atomic mass is 16.1. The van der Waals surface area contributed by atoms with Crippen LogP contribution in [0.1, 0.15) is 29.9 Å². The number of imidazole rings is 1. The molecule has 3 nitrogen and oxygen atoms in total. The second kappa shape index (κ2) is 3.50. The Morgan fingerprint density at radius 2 is 2.20 bits per heavy atom. The third-order valence-electron chi connectivity index (χ3n) is 2.54. The molecule has 2 aromatic rings. The highest BCUT2D eigenvalue weighted by Crippen LogP contribution is 2.14. The second-order valence-corrected chi connectivity index (χ2v) is 4.06. The number of hydrogen-bond acceptors (Lipinski definition) is 2. The topological polar surface area (TPSA) is 34.4 Å². The van der Waals surface area contributed by atoms with E-state index in [4.69, 9.17) is 0 Å². The first-order chi connectivity index (χ1) is 7.09. The minimum atomic E-state index is 0.0377. The lowest BCUT2D eigenvalue weighted by Crippen LogP contribution is -2.07. The summed E-state index contributed by atoms with van der Waals surface area (Å²) in [7, 11) is 0. The van der Waals surface area contributed by atoms with Crippen LogP contribution in [0.25, 0.3) is 5.52 Å². The Morgan fingerprint density at radius 1 is 1.47 bits per heavy atom. The van der Waals surface area contributed by atoms with Gasteiger partial charge in [-0.2, -0.15) is 0 Å². The summed E-state index contributed by atoms with van der Waals surface area (Å²) >= 11 is 0. The van der Waals surface area contributed by atoms with Gasteiger partial charge in [0.05, 0.1) is 17.5 Å². The Labute approximate surface area is 88.8 Å². The number of pyridine rings is 1. The molecule has 0 saturated carbocycles. The van der Waals surface area contributed by atoms with E-state index in [-0.39, 0.29) is 11.7 Å². The molecule has 0 aromatic carbocycles. The molecule has 0 fully saturated rings. The van der Waals surface area contributed by atoms with Crippen LogP contribution in [0.2, 0.25) is 0 Å². The van der Waals surface area contributed by atoms with Gasteiger partial charge in [0.25, 0.3) is 0 Å². The van der Waals surface area contributed by atoms with Gasteiger partial charge in [0.15, 0.2) is 5.78 Å². The zero-order valence-electron chi connectivity index (χ0n) is 9.19. The largest absolute Gasteiger partial charge is 0.306 e. The van der Waals surface area contributed by atoms with Crippen LogP contribution in [0, 0.1) is 12.8 Å². The molecule has 3 heteroatoms. The van der Waals surface area contributed by atoms with E-state index in [1.807, 2.05) is 43.5 Å². The third kappa shape index (κ3) is 1.65. The van der Waals surface area contributed by atoms with Gasteiger partial charge in [0, 0.05) is 17.7 Å². The van der Waals surface area contributed by atoms with Crippen LogP contribution in [-0.4, -0.2) is 15.2 Å². The van der Waals surface area contributed by atoms with E-state index < -0.39 is 0 Å². The van der Waals surface area contributed by atoms with E-state index in [1.54, 1.807) is 6.33 Å². The molecule has 0 amide bonds. The van der Waals surface area contributed by atoms with Crippen LogP contribution in [0.4, 0.5) is 0 Å². The number of aromatic nitrogens is 2. The van der Waals surface area contributed by atoms with Gasteiger partial charge in [-0.3, -0.25) is 4.79 Å². The van der Waals surface area contributed by atoms with E-state index in [2.05, 4.69) is 4.98 Å². The Bertz CT molecular complexity index is 511. The summed E-state index contributed by atoms with van der Waals surface area (Å²) in [5, 5.41) is 0. The molecular weight excluding hydrogens is 188 g/mol. The number of carbonyl (C=O) groups is 1. The van der Waals surface area contributed by atoms with Crippen molar-refractivity contribution >= 4 is 11.3 Å². The zero-order chi connectivity index (χ0) is 11.0.